The van der Waals surface area contributed by atoms with Crippen LogP contribution >= 0.6 is 0 Å². The number of nitrogens with one attached hydrogen (secondary N) is 1. The van der Waals surface area contributed by atoms with Gasteiger partial charge in [0.25, 0.3) is 5.82 Å². The van der Waals surface area contributed by atoms with Gasteiger partial charge in [-0.1, -0.05) is 19.3 Å². The lowest BCUT2D eigenvalue weighted by molar-refractivity contribution is -0.331. The molecular weight excluding hydrogens is 352 g/mol. The zero-order chi connectivity index (χ0) is 19.5. The molecule has 146 valence electrons. The lowest BCUT2D eigenvalue weighted by Gasteiger charge is -2.34. The fraction of sp³-hybridized carbons (Fsp3) is 0.500. The van der Waals surface area contributed by atoms with Crippen LogP contribution in [-0.2, 0) is 4.79 Å². The van der Waals surface area contributed by atoms with Crippen LogP contribution in [0.2, 0.25) is 0 Å². The van der Waals surface area contributed by atoms with Gasteiger partial charge in [-0.05, 0) is 31.0 Å². The standard InChI is InChI=1S/C22H26N4O2/c1-28-19-8-7-17-13-18(15-23)21(24-20(17)14-19)25-9-11-26(12-10-25)22(27)16-5-3-2-4-6-16/h7-8,13-14,16H,2-6,9-12H2,1H3/p+1. The number of carbonyl (C=O) groups is 1. The minimum atomic E-state index is 0.217. The van der Waals surface area contributed by atoms with Crippen LogP contribution < -0.4 is 14.6 Å². The molecule has 1 aliphatic heterocycles. The van der Waals surface area contributed by atoms with Gasteiger partial charge in [-0.3, -0.25) is 9.69 Å². The summed E-state index contributed by atoms with van der Waals surface area (Å²) in [4.78, 5) is 20.4. The summed E-state index contributed by atoms with van der Waals surface area (Å²) in [6, 6.07) is 10.0. The number of pyridine rings is 1. The molecule has 0 unspecified atom stereocenters. The quantitative estimate of drug-likeness (QED) is 0.822. The van der Waals surface area contributed by atoms with E-state index in [0.29, 0.717) is 24.6 Å². The number of anilines is 1. The monoisotopic (exact) mass is 379 g/mol. The van der Waals surface area contributed by atoms with Gasteiger partial charge in [0.2, 0.25) is 5.91 Å². The fourth-order valence-corrected chi connectivity index (χ4v) is 4.41. The molecular formula is C22H27N4O2+. The number of hydrogen-bond donors (Lipinski definition) is 0. The van der Waals surface area contributed by atoms with Crippen LogP contribution in [0.1, 0.15) is 37.7 Å². The van der Waals surface area contributed by atoms with E-state index in [4.69, 9.17) is 4.74 Å². The third-order valence-electron chi connectivity index (χ3n) is 6.05. The van der Waals surface area contributed by atoms with Crippen molar-refractivity contribution in [3.05, 3.63) is 29.8 Å². The molecule has 1 aromatic carbocycles. The number of aromatic nitrogens is 1. The van der Waals surface area contributed by atoms with E-state index in [1.807, 2.05) is 29.2 Å². The lowest BCUT2D eigenvalue weighted by Crippen LogP contribution is -2.51. The molecule has 1 aromatic heterocycles. The highest BCUT2D eigenvalue weighted by molar-refractivity contribution is 5.81. The molecule has 1 amide bonds. The molecule has 6 heteroatoms. The van der Waals surface area contributed by atoms with Gasteiger partial charge in [0.05, 0.1) is 20.2 Å². The Balaban J connectivity index is 1.51. The summed E-state index contributed by atoms with van der Waals surface area (Å²) in [7, 11) is 1.65. The molecule has 0 bridgehead atoms. The second-order valence-corrected chi connectivity index (χ2v) is 7.74. The number of nitriles is 1. The molecule has 2 fully saturated rings. The minimum absolute atomic E-state index is 0.217. The second-order valence-electron chi connectivity index (χ2n) is 7.74. The highest BCUT2D eigenvalue weighted by Gasteiger charge is 2.32. The van der Waals surface area contributed by atoms with Gasteiger partial charge in [-0.2, -0.15) is 5.26 Å². The number of H-pyrrole nitrogens is 1. The second kappa shape index (κ2) is 8.05. The van der Waals surface area contributed by atoms with Crippen molar-refractivity contribution in [3.63, 3.8) is 0 Å². The first kappa shape index (κ1) is 18.5. The molecule has 1 saturated carbocycles. The van der Waals surface area contributed by atoms with Gasteiger partial charge in [0.1, 0.15) is 36.0 Å². The molecule has 0 atom stereocenters. The van der Waals surface area contributed by atoms with Crippen LogP contribution in [0.3, 0.4) is 0 Å². The molecule has 2 heterocycles. The van der Waals surface area contributed by atoms with E-state index < -0.39 is 0 Å². The Morgan fingerprint density at radius 3 is 2.57 bits per heavy atom. The predicted octanol–water partition coefficient (Wildman–Crippen LogP) is 2.76. The Labute approximate surface area is 165 Å². The average molecular weight is 379 g/mol. The van der Waals surface area contributed by atoms with Crippen molar-refractivity contribution in [2.75, 3.05) is 38.2 Å². The summed E-state index contributed by atoms with van der Waals surface area (Å²) in [6.07, 6.45) is 5.70. The maximum atomic E-state index is 12.8. The van der Waals surface area contributed by atoms with E-state index in [2.05, 4.69) is 16.0 Å². The Hall–Kier alpha value is -2.81. The Morgan fingerprint density at radius 1 is 1.14 bits per heavy atom. The van der Waals surface area contributed by atoms with E-state index in [1.165, 1.54) is 19.3 Å². The third kappa shape index (κ3) is 3.62. The van der Waals surface area contributed by atoms with Crippen LogP contribution in [0, 0.1) is 17.2 Å². The van der Waals surface area contributed by atoms with Gasteiger partial charge < -0.3 is 9.64 Å². The summed E-state index contributed by atoms with van der Waals surface area (Å²) in [5, 5.41) is 10.6. The Morgan fingerprint density at radius 2 is 1.89 bits per heavy atom. The molecule has 0 radical (unpaired) electrons. The Bertz CT molecular complexity index is 907. The van der Waals surface area contributed by atoms with Crippen LogP contribution in [0.15, 0.2) is 24.3 Å². The van der Waals surface area contributed by atoms with E-state index in [9.17, 15) is 10.1 Å². The highest BCUT2D eigenvalue weighted by atomic mass is 16.5. The number of benzene rings is 1. The van der Waals surface area contributed by atoms with Gasteiger partial charge in [-0.15, -0.1) is 0 Å². The van der Waals surface area contributed by atoms with Gasteiger partial charge in [-0.25, -0.2) is 4.98 Å². The average Bonchev–Trinajstić information content (AvgIpc) is 2.78. The summed E-state index contributed by atoms with van der Waals surface area (Å²) in [6.45, 7) is 2.90. The normalized spacial score (nSPS) is 18.1. The molecule has 2 aliphatic rings. The van der Waals surface area contributed by atoms with Crippen LogP contribution in [0.25, 0.3) is 10.9 Å². The zero-order valence-electron chi connectivity index (χ0n) is 16.4. The first-order valence-electron chi connectivity index (χ1n) is 10.2. The molecule has 28 heavy (non-hydrogen) atoms. The SMILES string of the molecule is COc1ccc2cc(C#N)c(N3CCN(C(=O)C4CCCCC4)CC3)[nH+]c2c1. The summed E-state index contributed by atoms with van der Waals surface area (Å²) < 4.78 is 5.32. The number of aromatic amines is 1. The van der Waals surface area contributed by atoms with Crippen molar-refractivity contribution in [2.45, 2.75) is 32.1 Å². The highest BCUT2D eigenvalue weighted by Crippen LogP contribution is 2.27. The summed E-state index contributed by atoms with van der Waals surface area (Å²) in [5.41, 5.74) is 1.57. The topological polar surface area (TPSA) is 70.7 Å². The molecule has 0 spiro atoms. The number of carbonyl (C=O) groups excluding carboxylic acids is 1. The maximum absolute atomic E-state index is 12.8. The lowest BCUT2D eigenvalue weighted by atomic mass is 9.88. The van der Waals surface area contributed by atoms with Crippen LogP contribution in [0.4, 0.5) is 5.82 Å². The van der Waals surface area contributed by atoms with Crippen LogP contribution in [-0.4, -0.2) is 44.1 Å². The van der Waals surface area contributed by atoms with Crippen LogP contribution in [0.5, 0.6) is 5.75 Å². The molecule has 4 rings (SSSR count). The van der Waals surface area contributed by atoms with Gasteiger partial charge in [0.15, 0.2) is 0 Å². The minimum Gasteiger partial charge on any atom is -0.497 e. The van der Waals surface area contributed by atoms with Crippen molar-refractivity contribution in [1.29, 1.82) is 5.26 Å². The number of methoxy groups -OCH3 is 1. The van der Waals surface area contributed by atoms with Crippen molar-refractivity contribution >= 4 is 22.6 Å². The van der Waals surface area contributed by atoms with E-state index in [1.54, 1.807) is 7.11 Å². The molecule has 6 nitrogen and oxygen atoms in total. The maximum Gasteiger partial charge on any atom is 0.293 e. The first-order valence-corrected chi connectivity index (χ1v) is 10.2. The molecule has 1 aliphatic carbocycles. The molecule has 1 saturated heterocycles. The summed E-state index contributed by atoms with van der Waals surface area (Å²) in [5.74, 6) is 2.15. The first-order chi connectivity index (χ1) is 13.7. The van der Waals surface area contributed by atoms with Crippen molar-refractivity contribution in [1.82, 2.24) is 4.90 Å². The van der Waals surface area contributed by atoms with E-state index in [-0.39, 0.29) is 5.92 Å². The number of amides is 1. The zero-order valence-corrected chi connectivity index (χ0v) is 16.4. The number of ether oxygens (including phenoxy) is 1. The van der Waals surface area contributed by atoms with Gasteiger partial charge in [0, 0.05) is 17.4 Å². The van der Waals surface area contributed by atoms with Gasteiger partial charge >= 0.3 is 0 Å². The van der Waals surface area contributed by atoms with E-state index >= 15 is 0 Å². The fourth-order valence-electron chi connectivity index (χ4n) is 4.41. The summed E-state index contributed by atoms with van der Waals surface area (Å²) >= 11 is 0. The number of rotatable bonds is 3. The van der Waals surface area contributed by atoms with Crippen molar-refractivity contribution < 1.29 is 14.5 Å². The number of nitrogens with zero attached hydrogens (tertiary/aromatic N) is 3. The van der Waals surface area contributed by atoms with Crippen molar-refractivity contribution in [2.24, 2.45) is 5.92 Å². The number of hydrogen-bond acceptors (Lipinski definition) is 4. The van der Waals surface area contributed by atoms with E-state index in [0.717, 1.165) is 48.4 Å². The number of piperazine rings is 1. The largest absolute Gasteiger partial charge is 0.497 e. The number of fused-ring (bicyclic) bond motifs is 1. The predicted molar refractivity (Wildman–Crippen MR) is 107 cm³/mol. The third-order valence-corrected chi connectivity index (χ3v) is 6.05. The molecule has 1 N–H and O–H groups in total. The van der Waals surface area contributed by atoms with Crippen molar-refractivity contribution in [3.8, 4) is 11.8 Å². The molecule has 2 aromatic rings. The smallest absolute Gasteiger partial charge is 0.293 e. The Kier molecular flexibility index (Phi) is 5.34.